The maximum absolute atomic E-state index is 12.6. The van der Waals surface area contributed by atoms with Gasteiger partial charge in [0.15, 0.2) is 0 Å². The summed E-state index contributed by atoms with van der Waals surface area (Å²) in [5.74, 6) is -0.0509. The molecule has 0 N–H and O–H groups in total. The molecule has 5 heteroatoms. The Hall–Kier alpha value is -0.670. The molecule has 0 heterocycles. The van der Waals surface area contributed by atoms with Crippen molar-refractivity contribution in [3.8, 4) is 0 Å². The van der Waals surface area contributed by atoms with Gasteiger partial charge in [-0.1, -0.05) is 24.2 Å². The lowest BCUT2D eigenvalue weighted by Crippen LogP contribution is -2.09. The fourth-order valence-corrected chi connectivity index (χ4v) is 1.45. The van der Waals surface area contributed by atoms with E-state index < -0.39 is 11.7 Å². The van der Waals surface area contributed by atoms with Crippen molar-refractivity contribution in [2.24, 2.45) is 0 Å². The van der Waals surface area contributed by atoms with Gasteiger partial charge in [0.1, 0.15) is 0 Å². The molecule has 82 valence electrons. The van der Waals surface area contributed by atoms with E-state index in [1.54, 1.807) is 0 Å². The van der Waals surface area contributed by atoms with E-state index in [1.807, 2.05) is 0 Å². The number of halogens is 5. The van der Waals surface area contributed by atoms with Crippen LogP contribution in [0.3, 0.4) is 0 Å². The van der Waals surface area contributed by atoms with Gasteiger partial charge < -0.3 is 0 Å². The molecular formula is C10H7Cl2F3. The van der Waals surface area contributed by atoms with E-state index >= 15 is 0 Å². The fourth-order valence-electron chi connectivity index (χ4n) is 1.13. The van der Waals surface area contributed by atoms with Gasteiger partial charge in [0, 0.05) is 10.9 Å². The van der Waals surface area contributed by atoms with Gasteiger partial charge in [-0.2, -0.15) is 13.2 Å². The molecule has 0 spiro atoms. The Bertz CT molecular complexity index is 383. The van der Waals surface area contributed by atoms with E-state index in [0.717, 1.165) is 6.07 Å². The van der Waals surface area contributed by atoms with Gasteiger partial charge in [-0.15, -0.1) is 11.6 Å². The van der Waals surface area contributed by atoms with Gasteiger partial charge >= 0.3 is 6.18 Å². The van der Waals surface area contributed by atoms with Crippen LogP contribution >= 0.6 is 23.2 Å². The van der Waals surface area contributed by atoms with E-state index in [0.29, 0.717) is 0 Å². The van der Waals surface area contributed by atoms with Crippen LogP contribution in [0.2, 0.25) is 5.02 Å². The highest BCUT2D eigenvalue weighted by Gasteiger charge is 2.33. The molecule has 0 bridgehead atoms. The highest BCUT2D eigenvalue weighted by atomic mass is 35.5. The van der Waals surface area contributed by atoms with Crippen molar-refractivity contribution in [3.05, 3.63) is 40.9 Å². The van der Waals surface area contributed by atoms with Crippen LogP contribution in [0.5, 0.6) is 0 Å². The first kappa shape index (κ1) is 12.4. The number of hydrogen-bond donors (Lipinski definition) is 0. The summed E-state index contributed by atoms with van der Waals surface area (Å²) in [5, 5.41) is 0.0356. The average Bonchev–Trinajstić information content (AvgIpc) is 2.15. The minimum atomic E-state index is -4.45. The molecule has 0 aromatic heterocycles. The van der Waals surface area contributed by atoms with Crippen LogP contribution < -0.4 is 0 Å². The Labute approximate surface area is 95.3 Å². The molecule has 0 saturated carbocycles. The van der Waals surface area contributed by atoms with Crippen LogP contribution in [0.1, 0.15) is 11.1 Å². The summed E-state index contributed by atoms with van der Waals surface area (Å²) in [6.07, 6.45) is -4.45. The Balaban J connectivity index is 3.33. The van der Waals surface area contributed by atoms with Crippen LogP contribution in [0, 0.1) is 0 Å². The van der Waals surface area contributed by atoms with E-state index in [4.69, 9.17) is 23.2 Å². The van der Waals surface area contributed by atoms with Crippen LogP contribution in [0.15, 0.2) is 24.8 Å². The average molecular weight is 255 g/mol. The van der Waals surface area contributed by atoms with Crippen molar-refractivity contribution >= 4 is 28.8 Å². The molecule has 1 rings (SSSR count). The molecule has 1 aromatic carbocycles. The third-order valence-electron chi connectivity index (χ3n) is 1.83. The van der Waals surface area contributed by atoms with Crippen molar-refractivity contribution in [3.63, 3.8) is 0 Å². The second-order valence-electron chi connectivity index (χ2n) is 2.92. The molecule has 0 saturated heterocycles. The standard InChI is InChI=1S/C10H7Cl2F3/c1-6(5-11)8-3-2-7(12)4-9(8)10(13,14)15/h2-4H,1,5H2. The highest BCUT2D eigenvalue weighted by molar-refractivity contribution is 6.30. The second kappa shape index (κ2) is 4.45. The molecule has 0 radical (unpaired) electrons. The van der Waals surface area contributed by atoms with Crippen molar-refractivity contribution in [1.82, 2.24) is 0 Å². The molecule has 1 aromatic rings. The molecule has 0 unspecified atom stereocenters. The third kappa shape index (κ3) is 2.89. The highest BCUT2D eigenvalue weighted by Crippen LogP contribution is 2.36. The molecule has 0 fully saturated rings. The van der Waals surface area contributed by atoms with Crippen LogP contribution in [0.25, 0.3) is 5.57 Å². The van der Waals surface area contributed by atoms with Crippen LogP contribution in [-0.2, 0) is 6.18 Å². The predicted octanol–water partition coefficient (Wildman–Crippen LogP) is 4.61. The first-order chi connectivity index (χ1) is 6.86. The summed E-state index contributed by atoms with van der Waals surface area (Å²) in [7, 11) is 0. The monoisotopic (exact) mass is 254 g/mol. The Morgan fingerprint density at radius 2 is 1.93 bits per heavy atom. The molecule has 0 atom stereocenters. The number of alkyl halides is 4. The first-order valence-electron chi connectivity index (χ1n) is 3.97. The number of benzene rings is 1. The van der Waals surface area contributed by atoms with E-state index in [1.165, 1.54) is 12.1 Å². The topological polar surface area (TPSA) is 0 Å². The second-order valence-corrected chi connectivity index (χ2v) is 3.63. The van der Waals surface area contributed by atoms with Crippen molar-refractivity contribution < 1.29 is 13.2 Å². The minimum Gasteiger partial charge on any atom is -0.166 e. The van der Waals surface area contributed by atoms with E-state index in [2.05, 4.69) is 6.58 Å². The summed E-state index contributed by atoms with van der Waals surface area (Å²) in [4.78, 5) is 0. The normalized spacial score (nSPS) is 11.5. The molecule has 0 aliphatic rings. The largest absolute Gasteiger partial charge is 0.417 e. The van der Waals surface area contributed by atoms with Crippen LogP contribution in [0.4, 0.5) is 13.2 Å². The van der Waals surface area contributed by atoms with Crippen molar-refractivity contribution in [2.45, 2.75) is 6.18 Å². The summed E-state index contributed by atoms with van der Waals surface area (Å²) in [6.45, 7) is 3.47. The van der Waals surface area contributed by atoms with Gasteiger partial charge in [-0.3, -0.25) is 0 Å². The molecule has 15 heavy (non-hydrogen) atoms. The lowest BCUT2D eigenvalue weighted by Gasteiger charge is -2.13. The minimum absolute atomic E-state index is 0.0121. The zero-order chi connectivity index (χ0) is 11.6. The SMILES string of the molecule is C=C(CCl)c1ccc(Cl)cc1C(F)(F)F. The molecular weight excluding hydrogens is 248 g/mol. The summed E-state index contributed by atoms with van der Waals surface area (Å²) < 4.78 is 37.7. The third-order valence-corrected chi connectivity index (χ3v) is 2.39. The molecule has 0 aliphatic carbocycles. The summed E-state index contributed by atoms with van der Waals surface area (Å²) >= 11 is 11.0. The number of allylic oxidation sites excluding steroid dienone is 1. The smallest absolute Gasteiger partial charge is 0.166 e. The fraction of sp³-hybridized carbons (Fsp3) is 0.200. The Morgan fingerprint density at radius 3 is 2.40 bits per heavy atom. The van der Waals surface area contributed by atoms with Gasteiger partial charge in [-0.25, -0.2) is 0 Å². The molecule has 0 amide bonds. The van der Waals surface area contributed by atoms with Crippen LogP contribution in [-0.4, -0.2) is 5.88 Å². The van der Waals surface area contributed by atoms with E-state index in [9.17, 15) is 13.2 Å². The first-order valence-corrected chi connectivity index (χ1v) is 4.88. The maximum atomic E-state index is 12.6. The Morgan fingerprint density at radius 1 is 1.33 bits per heavy atom. The predicted molar refractivity (Wildman–Crippen MR) is 56.2 cm³/mol. The van der Waals surface area contributed by atoms with Gasteiger partial charge in [-0.05, 0) is 23.3 Å². The summed E-state index contributed by atoms with van der Waals surface area (Å²) in [5.41, 5.74) is -0.594. The number of rotatable bonds is 2. The molecule has 0 nitrogen and oxygen atoms in total. The van der Waals surface area contributed by atoms with Crippen molar-refractivity contribution in [1.29, 1.82) is 0 Å². The Kier molecular flexibility index (Phi) is 3.68. The molecule has 0 aliphatic heterocycles. The quantitative estimate of drug-likeness (QED) is 0.677. The van der Waals surface area contributed by atoms with E-state index in [-0.39, 0.29) is 22.0 Å². The zero-order valence-electron chi connectivity index (χ0n) is 7.54. The summed E-state index contributed by atoms with van der Waals surface area (Å²) in [6, 6.07) is 3.52. The van der Waals surface area contributed by atoms with Crippen molar-refractivity contribution in [2.75, 3.05) is 5.88 Å². The van der Waals surface area contributed by atoms with Gasteiger partial charge in [0.2, 0.25) is 0 Å². The van der Waals surface area contributed by atoms with Gasteiger partial charge in [0.25, 0.3) is 0 Å². The lowest BCUT2D eigenvalue weighted by atomic mass is 10.0. The zero-order valence-corrected chi connectivity index (χ0v) is 9.05. The van der Waals surface area contributed by atoms with Gasteiger partial charge in [0.05, 0.1) is 5.56 Å². The number of hydrogen-bond acceptors (Lipinski definition) is 0. The maximum Gasteiger partial charge on any atom is 0.417 e. The lowest BCUT2D eigenvalue weighted by molar-refractivity contribution is -0.137.